The summed E-state index contributed by atoms with van der Waals surface area (Å²) in [5.41, 5.74) is 9.83. The number of rotatable bonds is 40. The Hall–Kier alpha value is -11.5. The van der Waals surface area contributed by atoms with Gasteiger partial charge in [-0.05, 0) is 224 Å². The summed E-state index contributed by atoms with van der Waals surface area (Å²) >= 11 is 5.82. The fourth-order valence-electron chi connectivity index (χ4n) is 19.7. The number of hydrogen-bond acceptors (Lipinski definition) is 20. The highest BCUT2D eigenvalue weighted by molar-refractivity contribution is 6.41. The molecular weight excluding hydrogens is 1780 g/mol. The van der Waals surface area contributed by atoms with Crippen molar-refractivity contribution in [3.63, 3.8) is 0 Å². The Morgan fingerprint density at radius 1 is 0.333 bits per heavy atom. The van der Waals surface area contributed by atoms with Crippen LogP contribution >= 0.6 is 11.6 Å². The van der Waals surface area contributed by atoms with Gasteiger partial charge in [-0.2, -0.15) is 0 Å². The summed E-state index contributed by atoms with van der Waals surface area (Å²) in [6.07, 6.45) is 32.3. The molecular formula is C105H137ClN12O20. The molecule has 6 aliphatic heterocycles. The van der Waals surface area contributed by atoms with Gasteiger partial charge in [0.05, 0.1) is 12.6 Å². The first-order valence-electron chi connectivity index (χ1n) is 50.4. The number of nitrogens with one attached hydrogen (secondary N) is 5. The number of carbonyl (C=O) groups is 19. The number of aliphatic hydroxyl groups is 1. The number of nitrogens with zero attached hydrogens (tertiary/aromatic N) is 6. The van der Waals surface area contributed by atoms with Gasteiger partial charge in [0, 0.05) is 127 Å². The summed E-state index contributed by atoms with van der Waals surface area (Å²) in [5.74, 6) is -3.89. The van der Waals surface area contributed by atoms with E-state index >= 15 is 0 Å². The van der Waals surface area contributed by atoms with Crippen molar-refractivity contribution in [2.75, 3.05) is 59.0 Å². The highest BCUT2D eigenvalue weighted by Crippen LogP contribution is 2.37. The number of benzene rings is 4. The monoisotopic (exact) mass is 1920 g/mol. The van der Waals surface area contributed by atoms with Crippen LogP contribution in [-0.2, 0) is 112 Å². The van der Waals surface area contributed by atoms with Gasteiger partial charge in [-0.3, -0.25) is 91.1 Å². The Balaban J connectivity index is 0.000000149. The standard InChI is InChI=1S/C23H31N3O4.C19H23NO3.C17H20N2O3.C16H24N2O3.C15H17ClN2O4.C15H22N2O3/c24-22(29)18-10-8-16(9-11-18)7-4-14-26-19(12-13-20(26)27)21(28)23(30)25-15-17-5-2-1-3-6-17;21-17(10-8-15-6-7-15)19(23)16-9-11-18(22)20(16)13-12-14-4-2-1-3-5-14;20-15-9-8-14(16(21)17(22)18-13-6-7-13)19(15)11-10-12-4-2-1-3-5-12;19-14-8-7-13(18(14)10-12-5-6-12)15(20)16(21)17-9-11-3-1-2-4-11;16-11-3-1-10(2-4-11)9-18-12(5-6-13(18)20)14(21)15(22)17-7-8-19;18-13-8-7-12(17(13)9-10-5-6-10)14(19)15(20)16-11-3-1-2-4-11/h8-11,17,19H,1-7,12-15H2,(H2,24,29)(H,25,30);1-5,15-16H,6-13H2;1-5,13-14H,6-11H2,(H,18,22);11-13H,1-10H2,(H,17,21);1-4,12,19H,5-9H2,(H,17,22);10-12H,1-9H2,(H,16,20). The first-order valence-corrected chi connectivity index (χ1v) is 50.8. The van der Waals surface area contributed by atoms with E-state index in [9.17, 15) is 91.1 Å². The Morgan fingerprint density at radius 2 is 0.681 bits per heavy atom. The predicted octanol–water partition coefficient (Wildman–Crippen LogP) is 8.38. The van der Waals surface area contributed by atoms with Gasteiger partial charge < -0.3 is 66.8 Å². The number of aliphatic hydroxyl groups excluding tert-OH is 1. The molecule has 7 aliphatic carbocycles. The molecule has 0 bridgehead atoms. The van der Waals surface area contributed by atoms with E-state index in [0.717, 1.165) is 119 Å². The van der Waals surface area contributed by atoms with Crippen molar-refractivity contribution < 1.29 is 96.2 Å². The first kappa shape index (κ1) is 105. The lowest BCUT2D eigenvalue weighted by Crippen LogP contribution is -2.48. The quantitative estimate of drug-likeness (QED) is 0.0205. The van der Waals surface area contributed by atoms with Gasteiger partial charge in [0.15, 0.2) is 0 Å². The molecule has 13 aliphatic rings. The third kappa shape index (κ3) is 32.0. The normalized spacial score (nSPS) is 21.8. The number of likely N-dealkylation sites (tertiary alicyclic amines) is 6. The molecule has 4 aromatic rings. The van der Waals surface area contributed by atoms with Crippen molar-refractivity contribution in [2.24, 2.45) is 35.3 Å². The third-order valence-corrected chi connectivity index (χ3v) is 28.9. The molecule has 138 heavy (non-hydrogen) atoms. The Labute approximate surface area is 812 Å². The summed E-state index contributed by atoms with van der Waals surface area (Å²) in [7, 11) is 0. The zero-order valence-electron chi connectivity index (χ0n) is 79.4. The van der Waals surface area contributed by atoms with Crippen molar-refractivity contribution in [3.8, 4) is 0 Å². The largest absolute Gasteiger partial charge is 0.395 e. The van der Waals surface area contributed by atoms with E-state index in [1.807, 2.05) is 72.8 Å². The maximum absolute atomic E-state index is 12.7. The number of Topliss-reactive ketones (excluding diaryl/α,β-unsaturated/α-hetero) is 7. The first-order chi connectivity index (χ1) is 66.6. The number of halogens is 1. The molecule has 6 heterocycles. The molecule has 33 heteroatoms. The van der Waals surface area contributed by atoms with Crippen molar-refractivity contribution in [1.29, 1.82) is 0 Å². The van der Waals surface area contributed by atoms with Gasteiger partial charge in [-0.1, -0.05) is 154 Å². The molecule has 6 atom stereocenters. The number of amides is 12. The maximum Gasteiger partial charge on any atom is 0.289 e. The van der Waals surface area contributed by atoms with Gasteiger partial charge >= 0.3 is 0 Å². The summed E-state index contributed by atoms with van der Waals surface area (Å²) in [6, 6.07) is 30.5. The maximum atomic E-state index is 12.7. The molecule has 0 aromatic heterocycles. The van der Waals surface area contributed by atoms with Gasteiger partial charge in [0.2, 0.25) is 81.8 Å². The summed E-state index contributed by atoms with van der Waals surface area (Å²) in [5, 5.41) is 22.7. The number of hydrogen-bond donors (Lipinski definition) is 7. The second-order valence-corrected chi connectivity index (χ2v) is 39.6. The van der Waals surface area contributed by atoms with E-state index in [2.05, 4.69) is 26.6 Å². The Bertz CT molecular complexity index is 4970. The van der Waals surface area contributed by atoms with Crippen LogP contribution in [0.5, 0.6) is 0 Å². The van der Waals surface area contributed by atoms with E-state index in [4.69, 9.17) is 22.4 Å². The predicted molar refractivity (Wildman–Crippen MR) is 511 cm³/mol. The molecule has 13 fully saturated rings. The van der Waals surface area contributed by atoms with Crippen LogP contribution in [0.2, 0.25) is 5.02 Å². The number of primary amides is 1. The Kier molecular flexibility index (Phi) is 40.1. The van der Waals surface area contributed by atoms with Crippen LogP contribution in [0, 0.1) is 29.6 Å². The summed E-state index contributed by atoms with van der Waals surface area (Å²) < 4.78 is 0. The molecule has 12 amide bonds. The van der Waals surface area contributed by atoms with E-state index < -0.39 is 101 Å². The van der Waals surface area contributed by atoms with E-state index in [0.29, 0.717) is 189 Å². The zero-order valence-corrected chi connectivity index (χ0v) is 80.1. The van der Waals surface area contributed by atoms with Crippen LogP contribution in [-0.4, -0.2) is 253 Å². The van der Waals surface area contributed by atoms with Crippen LogP contribution in [0.4, 0.5) is 0 Å². The molecule has 32 nitrogen and oxygen atoms in total. The van der Waals surface area contributed by atoms with Crippen LogP contribution < -0.4 is 32.3 Å². The highest BCUT2D eigenvalue weighted by atomic mass is 35.5. The number of carbonyl (C=O) groups excluding carboxylic acids is 19. The zero-order chi connectivity index (χ0) is 98.3. The number of nitrogens with two attached hydrogens (primary N) is 1. The second kappa shape index (κ2) is 52.5. The van der Waals surface area contributed by atoms with Crippen molar-refractivity contribution in [2.45, 2.75) is 305 Å². The van der Waals surface area contributed by atoms with Crippen LogP contribution in [0.15, 0.2) is 109 Å². The van der Waals surface area contributed by atoms with Crippen molar-refractivity contribution in [1.82, 2.24) is 56.0 Å². The van der Waals surface area contributed by atoms with Crippen LogP contribution in [0.3, 0.4) is 0 Å². The van der Waals surface area contributed by atoms with Gasteiger partial charge in [0.25, 0.3) is 29.5 Å². The van der Waals surface area contributed by atoms with E-state index in [1.54, 1.807) is 60.9 Å². The van der Waals surface area contributed by atoms with E-state index in [-0.39, 0.29) is 85.2 Å². The summed E-state index contributed by atoms with van der Waals surface area (Å²) in [6.45, 7) is 3.94. The molecule has 8 N–H and O–H groups in total. The molecule has 6 unspecified atom stereocenters. The minimum Gasteiger partial charge on any atom is -0.395 e. The van der Waals surface area contributed by atoms with Crippen LogP contribution in [0.25, 0.3) is 0 Å². The van der Waals surface area contributed by atoms with Gasteiger partial charge in [-0.15, -0.1) is 0 Å². The molecule has 6 saturated heterocycles. The lowest BCUT2D eigenvalue weighted by atomic mass is 9.89. The van der Waals surface area contributed by atoms with Gasteiger partial charge in [0.1, 0.15) is 30.2 Å². The van der Waals surface area contributed by atoms with Crippen LogP contribution in [0.1, 0.15) is 264 Å². The molecule has 744 valence electrons. The molecule has 17 rings (SSSR count). The molecule has 0 spiro atoms. The minimum absolute atomic E-state index is 0.00530. The highest BCUT2D eigenvalue weighted by Gasteiger charge is 2.47. The molecule has 7 saturated carbocycles. The topological polar surface area (TPSA) is 450 Å². The SMILES string of the molecule is NC(=O)c1ccc(CCCN2C(=O)CCC2C(=O)C(=O)NCC2CCCCC2)cc1.O=C(CCC1CC1)C(=O)C1CCC(=O)N1CCc1ccccc1.O=C(NC1CC1)C(=O)C1CCC(=O)N1CCc1ccccc1.O=C(NC1CCCC1)C(=O)C1CCC(=O)N1CC1CC1.O=C(NCC1CCCC1)C(=O)C1CCC(=O)N1CC1CC1.O=C(NCCO)C(=O)C1CCC(=O)N1Cc1ccc(Cl)cc1. The minimum atomic E-state index is -0.769. The molecule has 4 aromatic carbocycles. The lowest BCUT2D eigenvalue weighted by Gasteiger charge is -2.24. The average Bonchev–Trinajstić information content (AvgIpc) is 1.67. The van der Waals surface area contributed by atoms with Crippen molar-refractivity contribution >= 4 is 123 Å². The fourth-order valence-corrected chi connectivity index (χ4v) is 19.8. The second-order valence-electron chi connectivity index (χ2n) is 39.2. The Morgan fingerprint density at radius 3 is 1.09 bits per heavy atom. The fraction of sp³-hybridized carbons (Fsp3) is 0.590. The lowest BCUT2D eigenvalue weighted by molar-refractivity contribution is -0.143. The third-order valence-electron chi connectivity index (χ3n) is 28.6. The average molecular weight is 1920 g/mol. The molecule has 0 radical (unpaired) electrons. The summed E-state index contributed by atoms with van der Waals surface area (Å²) in [4.78, 5) is 239. The number of aryl methyl sites for hydroxylation is 1. The smallest absolute Gasteiger partial charge is 0.289 e. The van der Waals surface area contributed by atoms with Crippen molar-refractivity contribution in [3.05, 3.63) is 142 Å². The van der Waals surface area contributed by atoms with Gasteiger partial charge in [-0.25, -0.2) is 0 Å². The van der Waals surface area contributed by atoms with E-state index in [1.165, 1.54) is 49.8 Å². The number of ketones is 7.